The zero-order valence-corrected chi connectivity index (χ0v) is 16.5. The summed E-state index contributed by atoms with van der Waals surface area (Å²) in [6, 6.07) is 0.00301. The normalized spacial score (nSPS) is 25.9. The molecule has 8 heteroatoms. The lowest BCUT2D eigenvalue weighted by molar-refractivity contribution is -0.143. The number of likely N-dealkylation sites (N-methyl/N-ethyl adjacent to an activating group) is 1. The van der Waals surface area contributed by atoms with Crippen LogP contribution in [-0.2, 0) is 9.53 Å². The van der Waals surface area contributed by atoms with Gasteiger partial charge >= 0.3 is 0 Å². The first kappa shape index (κ1) is 19.8. The van der Waals surface area contributed by atoms with Crippen LogP contribution in [0.15, 0.2) is 10.8 Å². The van der Waals surface area contributed by atoms with Gasteiger partial charge in [0, 0.05) is 32.3 Å². The number of fused-ring (bicyclic) bond motifs is 1. The molecule has 1 aromatic heterocycles. The average Bonchev–Trinajstić information content (AvgIpc) is 3.10. The molecule has 1 N–H and O–H groups in total. The molecule has 27 heavy (non-hydrogen) atoms. The molecule has 0 unspecified atom stereocenters. The van der Waals surface area contributed by atoms with Gasteiger partial charge in [0.15, 0.2) is 12.1 Å². The van der Waals surface area contributed by atoms with Gasteiger partial charge in [0.1, 0.15) is 5.76 Å². The van der Waals surface area contributed by atoms with Crippen molar-refractivity contribution in [2.75, 3.05) is 46.4 Å². The number of carbonyl (C=O) groups is 2. The second kappa shape index (κ2) is 8.39. The molecular formula is C19H30N4O4. The van der Waals surface area contributed by atoms with Gasteiger partial charge in [-0.25, -0.2) is 4.98 Å². The zero-order valence-electron chi connectivity index (χ0n) is 16.5. The lowest BCUT2D eigenvalue weighted by atomic mass is 9.67. The summed E-state index contributed by atoms with van der Waals surface area (Å²) in [7, 11) is 2.04. The summed E-state index contributed by atoms with van der Waals surface area (Å²) < 4.78 is 10.5. The topological polar surface area (TPSA) is 87.9 Å². The van der Waals surface area contributed by atoms with Gasteiger partial charge in [-0.1, -0.05) is 0 Å². The molecule has 2 aliphatic rings. The largest absolute Gasteiger partial charge is 0.448 e. The van der Waals surface area contributed by atoms with E-state index in [0.717, 1.165) is 19.4 Å². The molecule has 8 nitrogen and oxygen atoms in total. The van der Waals surface area contributed by atoms with Crippen molar-refractivity contribution in [2.45, 2.75) is 39.2 Å². The smallest absolute Gasteiger partial charge is 0.276 e. The molecular weight excluding hydrogens is 348 g/mol. The fraction of sp³-hybridized carbons (Fsp3) is 0.737. The lowest BCUT2D eigenvalue weighted by Gasteiger charge is -2.53. The number of likely N-dealkylation sites (tertiary alicyclic amines) is 2. The van der Waals surface area contributed by atoms with E-state index >= 15 is 0 Å². The van der Waals surface area contributed by atoms with Crippen molar-refractivity contribution in [2.24, 2.45) is 5.41 Å². The van der Waals surface area contributed by atoms with E-state index in [9.17, 15) is 9.59 Å². The Bertz CT molecular complexity index is 676. The summed E-state index contributed by atoms with van der Waals surface area (Å²) in [5, 5.41) is 3.06. The maximum absolute atomic E-state index is 13.1. The van der Waals surface area contributed by atoms with Crippen molar-refractivity contribution in [3.63, 3.8) is 0 Å². The van der Waals surface area contributed by atoms with E-state index < -0.39 is 5.41 Å². The number of hydrogen-bond acceptors (Lipinski definition) is 6. The predicted molar refractivity (Wildman–Crippen MR) is 99.3 cm³/mol. The lowest BCUT2D eigenvalue weighted by Crippen LogP contribution is -2.65. The predicted octanol–water partition coefficient (Wildman–Crippen LogP) is 1.06. The molecule has 3 heterocycles. The molecule has 0 radical (unpaired) electrons. The molecule has 0 aromatic carbocycles. The quantitative estimate of drug-likeness (QED) is 0.745. The minimum absolute atomic E-state index is 0.00301. The van der Waals surface area contributed by atoms with Crippen LogP contribution in [-0.4, -0.2) is 79.1 Å². The molecule has 2 amide bonds. The van der Waals surface area contributed by atoms with E-state index in [1.54, 1.807) is 6.92 Å². The van der Waals surface area contributed by atoms with Gasteiger partial charge in [-0.2, -0.15) is 0 Å². The molecule has 150 valence electrons. The molecule has 2 atom stereocenters. The number of nitrogens with zero attached hydrogens (tertiary/aromatic N) is 3. The third-order valence-electron chi connectivity index (χ3n) is 5.95. The van der Waals surface area contributed by atoms with Gasteiger partial charge in [0.2, 0.25) is 5.91 Å². The van der Waals surface area contributed by atoms with Gasteiger partial charge in [-0.3, -0.25) is 9.59 Å². The van der Waals surface area contributed by atoms with E-state index in [2.05, 4.69) is 15.2 Å². The van der Waals surface area contributed by atoms with Crippen LogP contribution in [0, 0.1) is 12.3 Å². The molecule has 1 aromatic rings. The Morgan fingerprint density at radius 3 is 2.93 bits per heavy atom. The summed E-state index contributed by atoms with van der Waals surface area (Å²) in [5.74, 6) is 0.497. The molecule has 0 aliphatic carbocycles. The van der Waals surface area contributed by atoms with Crippen molar-refractivity contribution in [3.05, 3.63) is 17.8 Å². The summed E-state index contributed by atoms with van der Waals surface area (Å²) in [6.45, 7) is 7.38. The van der Waals surface area contributed by atoms with Gasteiger partial charge in [-0.05, 0) is 46.7 Å². The van der Waals surface area contributed by atoms with Gasteiger partial charge in [0.25, 0.3) is 5.91 Å². The number of oxazole rings is 1. The van der Waals surface area contributed by atoms with E-state index in [-0.39, 0.29) is 17.9 Å². The van der Waals surface area contributed by atoms with Crippen molar-refractivity contribution in [3.8, 4) is 0 Å². The molecule has 2 saturated heterocycles. The Hall–Kier alpha value is -1.93. The highest BCUT2D eigenvalue weighted by molar-refractivity contribution is 5.93. The van der Waals surface area contributed by atoms with Gasteiger partial charge in [0.05, 0.1) is 12.0 Å². The van der Waals surface area contributed by atoms with Crippen molar-refractivity contribution in [1.82, 2.24) is 20.1 Å². The van der Waals surface area contributed by atoms with Crippen LogP contribution >= 0.6 is 0 Å². The molecule has 0 saturated carbocycles. The number of rotatable bonds is 6. The van der Waals surface area contributed by atoms with Crippen LogP contribution in [0.25, 0.3) is 0 Å². The number of carbonyl (C=O) groups excluding carboxylic acids is 2. The summed E-state index contributed by atoms with van der Waals surface area (Å²) in [6.07, 6.45) is 3.80. The monoisotopic (exact) mass is 378 g/mol. The minimum atomic E-state index is -0.450. The van der Waals surface area contributed by atoms with Crippen LogP contribution < -0.4 is 5.32 Å². The maximum atomic E-state index is 13.1. The Morgan fingerprint density at radius 1 is 1.41 bits per heavy atom. The molecule has 0 spiro atoms. The Morgan fingerprint density at radius 2 is 2.22 bits per heavy atom. The summed E-state index contributed by atoms with van der Waals surface area (Å²) in [4.78, 5) is 34.0. The number of piperidine rings is 2. The number of nitrogens with one attached hydrogen (secondary N) is 1. The Kier molecular flexibility index (Phi) is 6.16. The molecule has 2 aliphatic heterocycles. The Labute approximate surface area is 160 Å². The fourth-order valence-corrected chi connectivity index (χ4v) is 4.41. The standard InChI is InChI=1S/C19H30N4O4/c1-4-26-11-8-20-18(25)19-6-5-9-22(3)15(19)12-23(10-7-19)17(24)16-14(2)27-13-21-16/h13,15H,4-12H2,1-3H3,(H,20,25)/t15-,19+/m0/s1. The molecule has 2 fully saturated rings. The number of hydrogen-bond donors (Lipinski definition) is 1. The van der Waals surface area contributed by atoms with E-state index in [0.29, 0.717) is 50.7 Å². The second-order valence-electron chi connectivity index (χ2n) is 7.47. The summed E-state index contributed by atoms with van der Waals surface area (Å²) in [5.41, 5.74) is -0.0865. The van der Waals surface area contributed by atoms with Gasteiger partial charge in [-0.15, -0.1) is 0 Å². The minimum Gasteiger partial charge on any atom is -0.448 e. The highest BCUT2D eigenvalue weighted by atomic mass is 16.5. The Balaban J connectivity index is 1.73. The highest BCUT2D eigenvalue weighted by Gasteiger charge is 2.52. The van der Waals surface area contributed by atoms with E-state index in [4.69, 9.17) is 9.15 Å². The number of amides is 2. The first-order valence-corrected chi connectivity index (χ1v) is 9.75. The number of ether oxygens (including phenoxy) is 1. The highest BCUT2D eigenvalue weighted by Crippen LogP contribution is 2.42. The second-order valence-corrected chi connectivity index (χ2v) is 7.47. The summed E-state index contributed by atoms with van der Waals surface area (Å²) >= 11 is 0. The molecule has 3 rings (SSSR count). The number of aryl methyl sites for hydroxylation is 1. The van der Waals surface area contributed by atoms with Crippen LogP contribution in [0.4, 0.5) is 0 Å². The van der Waals surface area contributed by atoms with E-state index in [1.807, 2.05) is 18.9 Å². The van der Waals surface area contributed by atoms with Crippen LogP contribution in [0.2, 0.25) is 0 Å². The third kappa shape index (κ3) is 3.87. The third-order valence-corrected chi connectivity index (χ3v) is 5.95. The maximum Gasteiger partial charge on any atom is 0.276 e. The van der Waals surface area contributed by atoms with Crippen LogP contribution in [0.3, 0.4) is 0 Å². The fourth-order valence-electron chi connectivity index (χ4n) is 4.41. The number of aromatic nitrogens is 1. The first-order chi connectivity index (χ1) is 13.0. The SMILES string of the molecule is CCOCCNC(=O)[C@@]12CCCN(C)[C@H]1CN(C(=O)c1ncoc1C)CC2. The van der Waals surface area contributed by atoms with Crippen LogP contribution in [0.5, 0.6) is 0 Å². The van der Waals surface area contributed by atoms with Crippen LogP contribution in [0.1, 0.15) is 42.4 Å². The van der Waals surface area contributed by atoms with Crippen molar-refractivity contribution in [1.29, 1.82) is 0 Å². The van der Waals surface area contributed by atoms with Crippen molar-refractivity contribution < 1.29 is 18.7 Å². The van der Waals surface area contributed by atoms with Crippen molar-refractivity contribution >= 4 is 11.8 Å². The average molecular weight is 378 g/mol. The molecule has 0 bridgehead atoms. The zero-order chi connectivity index (χ0) is 19.4. The van der Waals surface area contributed by atoms with Gasteiger partial charge < -0.3 is 24.3 Å². The first-order valence-electron chi connectivity index (χ1n) is 9.75. The van der Waals surface area contributed by atoms with E-state index in [1.165, 1.54) is 6.39 Å².